The topological polar surface area (TPSA) is 63.6 Å². The zero-order valence-electron chi connectivity index (χ0n) is 13.3. The molecule has 116 valence electrons. The highest BCUT2D eigenvalue weighted by molar-refractivity contribution is 7.12. The first kappa shape index (κ1) is 16.6. The fraction of sp³-hybridized carbons (Fsp3) is 0.643. The maximum Gasteiger partial charge on any atom is 0.491 e. The van der Waals surface area contributed by atoms with Crippen LogP contribution in [0.4, 0.5) is 0 Å². The van der Waals surface area contributed by atoms with Crippen molar-refractivity contribution in [3.8, 4) is 0 Å². The Hall–Kier alpha value is -0.725. The van der Waals surface area contributed by atoms with Gasteiger partial charge in [0.15, 0.2) is 0 Å². The molecule has 0 aromatic carbocycles. The van der Waals surface area contributed by atoms with Gasteiger partial charge in [0, 0.05) is 12.7 Å². The van der Waals surface area contributed by atoms with Crippen LogP contribution in [0.1, 0.15) is 37.6 Å². The molecular formula is C14H23BN2O3S. The maximum absolute atomic E-state index is 9.13. The van der Waals surface area contributed by atoms with E-state index in [0.717, 1.165) is 15.4 Å². The fourth-order valence-electron chi connectivity index (χ4n) is 2.02. The van der Waals surface area contributed by atoms with Gasteiger partial charge in [0.2, 0.25) is 0 Å². The first-order valence-electron chi connectivity index (χ1n) is 7.05. The standard InChI is InChI=1S/C14H23BN2O3S/c1-13(2)14(3,4)20-15(19-13)10(7-16-5)6-12-17-8-11(9-18)21-12/h6,8,16,18H,7,9H2,1-5H3. The van der Waals surface area contributed by atoms with Crippen molar-refractivity contribution in [2.45, 2.75) is 45.5 Å². The third kappa shape index (κ3) is 3.55. The molecule has 1 fully saturated rings. The minimum Gasteiger partial charge on any atom is -0.400 e. The summed E-state index contributed by atoms with van der Waals surface area (Å²) in [7, 11) is 1.50. The van der Waals surface area contributed by atoms with Gasteiger partial charge in [-0.25, -0.2) is 4.98 Å². The number of rotatable bonds is 5. The van der Waals surface area contributed by atoms with E-state index in [1.54, 1.807) is 6.20 Å². The van der Waals surface area contributed by atoms with Crippen molar-refractivity contribution < 1.29 is 14.4 Å². The molecule has 2 rings (SSSR count). The Morgan fingerprint density at radius 3 is 2.48 bits per heavy atom. The Labute approximate surface area is 130 Å². The predicted octanol–water partition coefficient (Wildman–Crippen LogP) is 1.87. The molecular weight excluding hydrogens is 287 g/mol. The summed E-state index contributed by atoms with van der Waals surface area (Å²) in [5, 5.41) is 13.1. The molecule has 2 N–H and O–H groups in total. The Balaban J connectivity index is 2.24. The largest absolute Gasteiger partial charge is 0.491 e. The Morgan fingerprint density at radius 1 is 1.38 bits per heavy atom. The summed E-state index contributed by atoms with van der Waals surface area (Å²) in [4.78, 5) is 5.14. The van der Waals surface area contributed by atoms with Crippen molar-refractivity contribution >= 4 is 24.5 Å². The zero-order chi connectivity index (χ0) is 15.7. The van der Waals surface area contributed by atoms with Gasteiger partial charge in [-0.15, -0.1) is 11.3 Å². The lowest BCUT2D eigenvalue weighted by molar-refractivity contribution is 0.00578. The third-order valence-electron chi connectivity index (χ3n) is 3.97. The van der Waals surface area contributed by atoms with E-state index in [9.17, 15) is 0 Å². The minimum atomic E-state index is -0.385. The smallest absolute Gasteiger partial charge is 0.400 e. The lowest BCUT2D eigenvalue weighted by Gasteiger charge is -2.32. The minimum absolute atomic E-state index is 0.0172. The first-order valence-corrected chi connectivity index (χ1v) is 7.87. The molecule has 5 nitrogen and oxygen atoms in total. The molecule has 0 radical (unpaired) electrons. The molecule has 21 heavy (non-hydrogen) atoms. The number of hydrogen-bond acceptors (Lipinski definition) is 6. The van der Waals surface area contributed by atoms with Gasteiger partial charge >= 0.3 is 7.12 Å². The number of aliphatic hydroxyl groups is 1. The number of likely N-dealkylation sites (N-methyl/N-ethyl adjacent to an activating group) is 1. The molecule has 0 amide bonds. The highest BCUT2D eigenvalue weighted by Gasteiger charge is 2.52. The van der Waals surface area contributed by atoms with Gasteiger partial charge in [-0.05, 0) is 46.3 Å². The first-order chi connectivity index (χ1) is 9.79. The van der Waals surface area contributed by atoms with E-state index in [2.05, 4.69) is 10.3 Å². The van der Waals surface area contributed by atoms with Crippen molar-refractivity contribution in [1.82, 2.24) is 10.3 Å². The van der Waals surface area contributed by atoms with E-state index in [1.807, 2.05) is 40.8 Å². The van der Waals surface area contributed by atoms with Crippen LogP contribution in [0.25, 0.3) is 6.08 Å². The molecule has 1 aliphatic rings. The zero-order valence-corrected chi connectivity index (χ0v) is 14.1. The van der Waals surface area contributed by atoms with E-state index < -0.39 is 0 Å². The van der Waals surface area contributed by atoms with Crippen molar-refractivity contribution in [1.29, 1.82) is 0 Å². The van der Waals surface area contributed by atoms with Crippen LogP contribution in [-0.2, 0) is 15.9 Å². The van der Waals surface area contributed by atoms with Gasteiger partial charge in [0.25, 0.3) is 0 Å². The molecule has 0 bridgehead atoms. The molecule has 1 aromatic heterocycles. The maximum atomic E-state index is 9.13. The highest BCUT2D eigenvalue weighted by atomic mass is 32.1. The van der Waals surface area contributed by atoms with Crippen LogP contribution in [0.3, 0.4) is 0 Å². The monoisotopic (exact) mass is 310 g/mol. The van der Waals surface area contributed by atoms with Gasteiger partial charge in [-0.2, -0.15) is 0 Å². The number of aromatic nitrogens is 1. The van der Waals surface area contributed by atoms with Crippen molar-refractivity contribution in [3.05, 3.63) is 21.6 Å². The fourth-order valence-corrected chi connectivity index (χ4v) is 2.78. The van der Waals surface area contributed by atoms with Gasteiger partial charge in [0.1, 0.15) is 5.01 Å². The van der Waals surface area contributed by atoms with Crippen LogP contribution in [0.5, 0.6) is 0 Å². The van der Waals surface area contributed by atoms with Crippen LogP contribution < -0.4 is 5.32 Å². The Kier molecular flexibility index (Phi) is 4.90. The third-order valence-corrected chi connectivity index (χ3v) is 4.90. The average molecular weight is 310 g/mol. The molecule has 2 heterocycles. The molecule has 0 aliphatic carbocycles. The van der Waals surface area contributed by atoms with E-state index in [4.69, 9.17) is 14.4 Å². The predicted molar refractivity (Wildman–Crippen MR) is 86.0 cm³/mol. The molecule has 1 aliphatic heterocycles. The number of thiazole rings is 1. The second kappa shape index (κ2) is 6.18. The van der Waals surface area contributed by atoms with E-state index in [1.165, 1.54) is 11.3 Å². The summed E-state index contributed by atoms with van der Waals surface area (Å²) in [6.45, 7) is 8.83. The summed E-state index contributed by atoms with van der Waals surface area (Å²) in [6.07, 6.45) is 3.67. The molecule has 0 spiro atoms. The van der Waals surface area contributed by atoms with E-state index >= 15 is 0 Å². The lowest BCUT2D eigenvalue weighted by Crippen LogP contribution is -2.41. The molecule has 0 saturated carbocycles. The summed E-state index contributed by atoms with van der Waals surface area (Å²) >= 11 is 1.47. The van der Waals surface area contributed by atoms with Gasteiger partial charge < -0.3 is 19.7 Å². The molecule has 1 aromatic rings. The second-order valence-corrected chi connectivity index (χ2v) is 7.31. The lowest BCUT2D eigenvalue weighted by atomic mass is 9.78. The van der Waals surface area contributed by atoms with Crippen LogP contribution in [-0.4, -0.2) is 42.0 Å². The number of hydrogen-bond donors (Lipinski definition) is 2. The van der Waals surface area contributed by atoms with E-state index in [0.29, 0.717) is 6.54 Å². The number of nitrogens with one attached hydrogen (secondary N) is 1. The Bertz CT molecular complexity index is 512. The normalized spacial score (nSPS) is 21.0. The van der Waals surface area contributed by atoms with E-state index in [-0.39, 0.29) is 24.9 Å². The molecule has 0 unspecified atom stereocenters. The highest BCUT2D eigenvalue weighted by Crippen LogP contribution is 2.38. The van der Waals surface area contributed by atoms with Gasteiger partial charge in [-0.3, -0.25) is 0 Å². The van der Waals surface area contributed by atoms with Crippen LogP contribution in [0.2, 0.25) is 0 Å². The summed E-state index contributed by atoms with van der Waals surface area (Å²) in [5.74, 6) is 0. The second-order valence-electron chi connectivity index (χ2n) is 6.16. The summed E-state index contributed by atoms with van der Waals surface area (Å²) < 4.78 is 12.2. The molecule has 0 atom stereocenters. The summed E-state index contributed by atoms with van der Waals surface area (Å²) in [6, 6.07) is 0. The molecule has 1 saturated heterocycles. The average Bonchev–Trinajstić information content (AvgIpc) is 2.92. The number of aliphatic hydroxyl groups excluding tert-OH is 1. The van der Waals surface area contributed by atoms with Gasteiger partial charge in [-0.1, -0.05) is 0 Å². The van der Waals surface area contributed by atoms with Crippen LogP contribution >= 0.6 is 11.3 Å². The van der Waals surface area contributed by atoms with Crippen molar-refractivity contribution in [3.63, 3.8) is 0 Å². The van der Waals surface area contributed by atoms with Gasteiger partial charge in [0.05, 0.1) is 22.7 Å². The number of nitrogens with zero attached hydrogens (tertiary/aromatic N) is 1. The SMILES string of the molecule is CNCC(=Cc1ncc(CO)s1)B1OC(C)(C)C(C)(C)O1. The van der Waals surface area contributed by atoms with Crippen molar-refractivity contribution in [2.24, 2.45) is 0 Å². The Morgan fingerprint density at radius 2 is 2.00 bits per heavy atom. The summed E-state index contributed by atoms with van der Waals surface area (Å²) in [5.41, 5.74) is 0.280. The van der Waals surface area contributed by atoms with Crippen molar-refractivity contribution in [2.75, 3.05) is 13.6 Å². The quantitative estimate of drug-likeness (QED) is 0.813. The van der Waals surface area contributed by atoms with Crippen LogP contribution in [0, 0.1) is 0 Å². The van der Waals surface area contributed by atoms with Crippen LogP contribution in [0.15, 0.2) is 11.7 Å². The molecule has 7 heteroatoms.